The molecule has 0 radical (unpaired) electrons. The fourth-order valence-electron chi connectivity index (χ4n) is 0.505. The van der Waals surface area contributed by atoms with Crippen LogP contribution in [0.15, 0.2) is 36.5 Å². The molecule has 0 aromatic rings. The van der Waals surface area contributed by atoms with Crippen LogP contribution in [0, 0.1) is 0 Å². The third-order valence-corrected chi connectivity index (χ3v) is 0.891. The van der Waals surface area contributed by atoms with Gasteiger partial charge in [0.2, 0.25) is 0 Å². The summed E-state index contributed by atoms with van der Waals surface area (Å²) in [4.78, 5) is 10.3. The molecule has 3 heteroatoms. The van der Waals surface area contributed by atoms with E-state index in [-0.39, 0.29) is 5.57 Å². The summed E-state index contributed by atoms with van der Waals surface area (Å²) in [5, 5.41) is 8.47. The molecule has 0 aromatic carbocycles. The van der Waals surface area contributed by atoms with Crippen molar-refractivity contribution < 1.29 is 14.3 Å². The van der Waals surface area contributed by atoms with Crippen molar-refractivity contribution >= 4 is 5.97 Å². The van der Waals surface area contributed by atoms with Gasteiger partial charge in [0.1, 0.15) is 0 Å². The Morgan fingerprint density at radius 2 is 2.00 bits per heavy atom. The first kappa shape index (κ1) is 13.2. The van der Waals surface area contributed by atoms with Gasteiger partial charge in [0.05, 0.1) is 12.8 Å². The Hall–Kier alpha value is -1.38. The Morgan fingerprint density at radius 1 is 1.50 bits per heavy atom. The van der Waals surface area contributed by atoms with E-state index in [1.54, 1.807) is 13.0 Å². The third-order valence-electron chi connectivity index (χ3n) is 0.891. The molecule has 0 saturated carbocycles. The molecule has 12 heavy (non-hydrogen) atoms. The van der Waals surface area contributed by atoms with E-state index in [1.807, 2.05) is 0 Å². The number of rotatable bonds is 3. The summed E-state index contributed by atoms with van der Waals surface area (Å²) >= 11 is 0. The van der Waals surface area contributed by atoms with Crippen molar-refractivity contribution in [3.05, 3.63) is 36.5 Å². The first-order chi connectivity index (χ1) is 5.72. The summed E-state index contributed by atoms with van der Waals surface area (Å²) in [6.07, 6.45) is 6.08. The van der Waals surface area contributed by atoms with Crippen LogP contribution < -0.4 is 0 Å². The van der Waals surface area contributed by atoms with Crippen LogP contribution in [0.1, 0.15) is 6.92 Å². The standard InChI is InChI=1S/C8H10O2.CH3F/c1-3-5-7(6-4-2)8(9)10;1-2/h3-6H,1H2,2H3,(H,9,10);1H3/b6-4-,7-5+;. The highest BCUT2D eigenvalue weighted by Gasteiger charge is 1.98. The Balaban J connectivity index is 0. The van der Waals surface area contributed by atoms with Crippen LogP contribution in [-0.4, -0.2) is 18.3 Å². The highest BCUT2D eigenvalue weighted by Crippen LogP contribution is 1.96. The van der Waals surface area contributed by atoms with E-state index in [4.69, 9.17) is 5.11 Å². The second kappa shape index (κ2) is 9.62. The first-order valence-electron chi connectivity index (χ1n) is 3.29. The number of carboxylic acid groups (broad SMARTS) is 1. The second-order valence-electron chi connectivity index (χ2n) is 1.66. The predicted octanol–water partition coefficient (Wildman–Crippen LogP) is 2.35. The van der Waals surface area contributed by atoms with Gasteiger partial charge in [-0.05, 0) is 13.0 Å². The van der Waals surface area contributed by atoms with Crippen LogP contribution in [0.3, 0.4) is 0 Å². The lowest BCUT2D eigenvalue weighted by Gasteiger charge is -1.89. The minimum atomic E-state index is -0.932. The number of carboxylic acids is 1. The van der Waals surface area contributed by atoms with Crippen molar-refractivity contribution in [1.82, 2.24) is 0 Å². The molecule has 0 aromatic heterocycles. The number of carbonyl (C=O) groups is 1. The monoisotopic (exact) mass is 172 g/mol. The average molecular weight is 172 g/mol. The highest BCUT2D eigenvalue weighted by molar-refractivity contribution is 5.90. The molecule has 0 bridgehead atoms. The van der Waals surface area contributed by atoms with Crippen LogP contribution >= 0.6 is 0 Å². The molecule has 0 fully saturated rings. The van der Waals surface area contributed by atoms with Crippen molar-refractivity contribution in [3.8, 4) is 0 Å². The Kier molecular flexibility index (Phi) is 10.6. The molecular formula is C9H13FO2. The van der Waals surface area contributed by atoms with Crippen LogP contribution in [0.25, 0.3) is 0 Å². The minimum absolute atomic E-state index is 0.248. The zero-order chi connectivity index (χ0) is 9.98. The van der Waals surface area contributed by atoms with Gasteiger partial charge < -0.3 is 5.11 Å². The SMILES string of the molecule is C=C/C=C(\C=C/C)C(=O)O.CF. The van der Waals surface area contributed by atoms with Crippen molar-refractivity contribution in [2.75, 3.05) is 7.18 Å². The number of allylic oxidation sites excluding steroid dienone is 3. The fourth-order valence-corrected chi connectivity index (χ4v) is 0.505. The minimum Gasteiger partial charge on any atom is -0.478 e. The summed E-state index contributed by atoms with van der Waals surface area (Å²) in [5.74, 6) is -0.932. The largest absolute Gasteiger partial charge is 0.478 e. The molecule has 0 aliphatic carbocycles. The van der Waals surface area contributed by atoms with Gasteiger partial charge in [0, 0.05) is 0 Å². The number of hydrogen-bond donors (Lipinski definition) is 1. The van der Waals surface area contributed by atoms with Crippen LogP contribution in [0.4, 0.5) is 4.39 Å². The summed E-state index contributed by atoms with van der Waals surface area (Å²) in [6, 6.07) is 0. The predicted molar refractivity (Wildman–Crippen MR) is 47.8 cm³/mol. The molecule has 0 aliphatic heterocycles. The van der Waals surface area contributed by atoms with Gasteiger partial charge in [0.15, 0.2) is 0 Å². The Bertz CT molecular complexity index is 193. The maximum Gasteiger partial charge on any atom is 0.335 e. The molecule has 0 aliphatic rings. The molecule has 68 valence electrons. The normalized spacial score (nSPS) is 10.4. The zero-order valence-corrected chi connectivity index (χ0v) is 7.25. The van der Waals surface area contributed by atoms with E-state index < -0.39 is 5.97 Å². The number of hydrogen-bond acceptors (Lipinski definition) is 1. The van der Waals surface area contributed by atoms with E-state index in [9.17, 15) is 9.18 Å². The van der Waals surface area contributed by atoms with E-state index in [0.29, 0.717) is 7.18 Å². The van der Waals surface area contributed by atoms with Gasteiger partial charge in [-0.3, -0.25) is 4.39 Å². The van der Waals surface area contributed by atoms with Crippen LogP contribution in [0.2, 0.25) is 0 Å². The Labute approximate surface area is 71.7 Å². The zero-order valence-electron chi connectivity index (χ0n) is 7.25. The topological polar surface area (TPSA) is 37.3 Å². The van der Waals surface area contributed by atoms with Gasteiger partial charge in [0.25, 0.3) is 0 Å². The molecule has 0 unspecified atom stereocenters. The second-order valence-corrected chi connectivity index (χ2v) is 1.66. The average Bonchev–Trinajstić information content (AvgIpc) is 2.08. The molecular weight excluding hydrogens is 159 g/mol. The van der Waals surface area contributed by atoms with Gasteiger partial charge in [-0.1, -0.05) is 24.8 Å². The molecule has 0 spiro atoms. The molecule has 0 rings (SSSR count). The molecule has 0 heterocycles. The first-order valence-corrected chi connectivity index (χ1v) is 3.29. The van der Waals surface area contributed by atoms with Crippen molar-refractivity contribution in [2.24, 2.45) is 0 Å². The lowest BCUT2D eigenvalue weighted by atomic mass is 10.2. The summed E-state index contributed by atoms with van der Waals surface area (Å²) < 4.78 is 9.50. The van der Waals surface area contributed by atoms with Crippen LogP contribution in [-0.2, 0) is 4.79 Å². The van der Waals surface area contributed by atoms with Gasteiger partial charge in [-0.15, -0.1) is 0 Å². The summed E-state index contributed by atoms with van der Waals surface area (Å²) in [7, 11) is 0.500. The summed E-state index contributed by atoms with van der Waals surface area (Å²) in [6.45, 7) is 5.16. The van der Waals surface area contributed by atoms with E-state index in [0.717, 1.165) is 0 Å². The lowest BCUT2D eigenvalue weighted by Crippen LogP contribution is -1.96. The lowest BCUT2D eigenvalue weighted by molar-refractivity contribution is -0.132. The number of halogens is 1. The molecule has 1 N–H and O–H groups in total. The maximum atomic E-state index is 10.3. The van der Waals surface area contributed by atoms with E-state index >= 15 is 0 Å². The number of aliphatic carboxylic acids is 1. The van der Waals surface area contributed by atoms with Crippen molar-refractivity contribution in [2.45, 2.75) is 6.92 Å². The van der Waals surface area contributed by atoms with Crippen LogP contribution in [0.5, 0.6) is 0 Å². The van der Waals surface area contributed by atoms with Gasteiger partial charge in [-0.2, -0.15) is 0 Å². The molecule has 0 amide bonds. The van der Waals surface area contributed by atoms with Crippen molar-refractivity contribution in [3.63, 3.8) is 0 Å². The third kappa shape index (κ3) is 6.74. The molecule has 0 atom stereocenters. The molecule has 0 saturated heterocycles. The maximum absolute atomic E-state index is 10.3. The van der Waals surface area contributed by atoms with Gasteiger partial charge >= 0.3 is 5.97 Å². The van der Waals surface area contributed by atoms with E-state index in [1.165, 1.54) is 18.2 Å². The highest BCUT2D eigenvalue weighted by atomic mass is 19.1. The van der Waals surface area contributed by atoms with Crippen molar-refractivity contribution in [1.29, 1.82) is 0 Å². The Morgan fingerprint density at radius 3 is 2.25 bits per heavy atom. The fraction of sp³-hybridized carbons (Fsp3) is 0.222. The van der Waals surface area contributed by atoms with E-state index in [2.05, 4.69) is 6.58 Å². The van der Waals surface area contributed by atoms with Gasteiger partial charge in [-0.25, -0.2) is 4.79 Å². The molecule has 2 nitrogen and oxygen atoms in total. The quantitative estimate of drug-likeness (QED) is 0.524. The summed E-state index contributed by atoms with van der Waals surface area (Å²) in [5.41, 5.74) is 0.248. The number of alkyl halides is 1. The smallest absolute Gasteiger partial charge is 0.335 e.